The van der Waals surface area contributed by atoms with E-state index in [-0.39, 0.29) is 23.4 Å². The number of hydrogen-bond donors (Lipinski definition) is 3. The van der Waals surface area contributed by atoms with Crippen LogP contribution < -0.4 is 16.0 Å². The highest BCUT2D eigenvalue weighted by Crippen LogP contribution is 2.29. The first-order valence-corrected chi connectivity index (χ1v) is 8.28. The topological polar surface area (TPSA) is 83.4 Å². The molecule has 3 atom stereocenters. The molecule has 0 saturated carbocycles. The number of furan rings is 1. The summed E-state index contributed by atoms with van der Waals surface area (Å²) in [4.78, 5) is 23.4. The van der Waals surface area contributed by atoms with Crippen LogP contribution >= 0.6 is 0 Å². The third kappa shape index (κ3) is 3.14. The van der Waals surface area contributed by atoms with E-state index in [1.165, 1.54) is 12.1 Å². The minimum absolute atomic E-state index is 0.0789. The van der Waals surface area contributed by atoms with Crippen LogP contribution in [0.4, 0.5) is 19.1 Å². The lowest BCUT2D eigenvalue weighted by Crippen LogP contribution is -2.42. The number of carbonyl (C=O) groups excluding carboxylic acids is 2. The maximum atomic E-state index is 12.4. The first-order valence-electron chi connectivity index (χ1n) is 8.28. The van der Waals surface area contributed by atoms with E-state index >= 15 is 0 Å². The quantitative estimate of drug-likeness (QED) is 0.779. The molecule has 3 heterocycles. The molecular formula is C17H16F3N3O3. The van der Waals surface area contributed by atoms with Crippen LogP contribution in [-0.2, 0) is 4.79 Å². The summed E-state index contributed by atoms with van der Waals surface area (Å²) in [6.07, 6.45) is -1.94. The van der Waals surface area contributed by atoms with Crippen molar-refractivity contribution >= 4 is 28.7 Å². The molecule has 1 aromatic heterocycles. The van der Waals surface area contributed by atoms with E-state index in [9.17, 15) is 22.8 Å². The molecular weight excluding hydrogens is 351 g/mol. The van der Waals surface area contributed by atoms with E-state index in [0.717, 1.165) is 19.3 Å². The van der Waals surface area contributed by atoms with E-state index in [1.807, 2.05) is 0 Å². The molecule has 2 bridgehead atoms. The lowest BCUT2D eigenvalue weighted by atomic mass is 9.95. The lowest BCUT2D eigenvalue weighted by molar-refractivity contribution is -0.167. The summed E-state index contributed by atoms with van der Waals surface area (Å²) in [5, 5.41) is 8.57. The molecule has 2 saturated heterocycles. The number of anilines is 1. The zero-order valence-corrected chi connectivity index (χ0v) is 13.5. The average Bonchev–Trinajstić information content (AvgIpc) is 3.27. The first kappa shape index (κ1) is 16.9. The largest absolute Gasteiger partial charge is 0.471 e. The second-order valence-electron chi connectivity index (χ2n) is 6.68. The van der Waals surface area contributed by atoms with Gasteiger partial charge in [-0.1, -0.05) is 6.07 Å². The Hall–Kier alpha value is -2.55. The Morgan fingerprint density at radius 1 is 1.19 bits per heavy atom. The highest BCUT2D eigenvalue weighted by atomic mass is 19.4. The average molecular weight is 367 g/mol. The first-order chi connectivity index (χ1) is 12.3. The van der Waals surface area contributed by atoms with Crippen molar-refractivity contribution in [3.63, 3.8) is 0 Å². The number of hydrogen-bond acceptors (Lipinski definition) is 4. The van der Waals surface area contributed by atoms with Crippen molar-refractivity contribution in [1.29, 1.82) is 0 Å². The minimum atomic E-state index is -5.00. The Morgan fingerprint density at radius 2 is 2.00 bits per heavy atom. The molecule has 0 aliphatic carbocycles. The number of benzene rings is 1. The van der Waals surface area contributed by atoms with E-state index < -0.39 is 12.1 Å². The Morgan fingerprint density at radius 3 is 2.65 bits per heavy atom. The molecule has 2 aliphatic rings. The molecule has 4 rings (SSSR count). The number of alkyl halides is 3. The van der Waals surface area contributed by atoms with Crippen LogP contribution in [0.5, 0.6) is 0 Å². The van der Waals surface area contributed by atoms with Gasteiger partial charge in [0.05, 0.1) is 0 Å². The zero-order valence-electron chi connectivity index (χ0n) is 13.5. The van der Waals surface area contributed by atoms with Gasteiger partial charge in [-0.3, -0.25) is 14.9 Å². The predicted molar refractivity (Wildman–Crippen MR) is 86.7 cm³/mol. The van der Waals surface area contributed by atoms with Gasteiger partial charge in [-0.2, -0.15) is 13.2 Å². The van der Waals surface area contributed by atoms with Crippen molar-refractivity contribution < 1.29 is 27.2 Å². The molecule has 2 aromatic rings. The van der Waals surface area contributed by atoms with Gasteiger partial charge in [-0.15, -0.1) is 0 Å². The number of carbonyl (C=O) groups is 2. The summed E-state index contributed by atoms with van der Waals surface area (Å²) in [7, 11) is 0. The predicted octanol–water partition coefficient (Wildman–Crippen LogP) is 2.56. The van der Waals surface area contributed by atoms with Gasteiger partial charge in [0, 0.05) is 35.1 Å². The van der Waals surface area contributed by atoms with Crippen molar-refractivity contribution in [2.24, 2.45) is 0 Å². The third-order valence-corrected chi connectivity index (χ3v) is 4.89. The van der Waals surface area contributed by atoms with Crippen molar-refractivity contribution in [3.05, 3.63) is 29.8 Å². The molecule has 2 amide bonds. The molecule has 9 heteroatoms. The molecule has 0 unspecified atom stereocenters. The van der Waals surface area contributed by atoms with Crippen molar-refractivity contribution in [2.45, 2.75) is 43.6 Å². The second-order valence-corrected chi connectivity index (χ2v) is 6.68. The zero-order chi connectivity index (χ0) is 18.5. The molecule has 138 valence electrons. The molecule has 0 spiro atoms. The van der Waals surface area contributed by atoms with E-state index in [1.54, 1.807) is 17.4 Å². The highest BCUT2D eigenvalue weighted by Gasteiger charge is 2.40. The van der Waals surface area contributed by atoms with Crippen LogP contribution in [0.2, 0.25) is 0 Å². The van der Waals surface area contributed by atoms with Gasteiger partial charge in [-0.25, -0.2) is 0 Å². The fourth-order valence-electron chi connectivity index (χ4n) is 3.65. The van der Waals surface area contributed by atoms with Gasteiger partial charge in [0.15, 0.2) is 0 Å². The van der Waals surface area contributed by atoms with Crippen molar-refractivity contribution in [3.8, 4) is 0 Å². The summed E-state index contributed by atoms with van der Waals surface area (Å²) in [6, 6.07) is 6.70. The smallest absolute Gasteiger partial charge is 0.440 e. The Bertz CT molecular complexity index is 877. The lowest BCUT2D eigenvalue weighted by Gasteiger charge is -2.21. The number of nitrogens with one attached hydrogen (secondary N) is 3. The Kier molecular flexibility index (Phi) is 3.91. The second kappa shape index (κ2) is 6.01. The summed E-state index contributed by atoms with van der Waals surface area (Å²) in [5.41, 5.74) is 0.574. The molecule has 2 aliphatic heterocycles. The summed E-state index contributed by atoms with van der Waals surface area (Å²) >= 11 is 0. The van der Waals surface area contributed by atoms with Gasteiger partial charge in [0.2, 0.25) is 5.88 Å². The SMILES string of the molecule is O=C(N[C@@H]1C[C@H]2CC[C@@H]1N2)c1ccc2cc(NC(=O)C(F)(F)F)oc2c1. The minimum Gasteiger partial charge on any atom is -0.440 e. The molecule has 2 fully saturated rings. The Labute approximate surface area is 146 Å². The molecule has 0 radical (unpaired) electrons. The number of halogens is 3. The van der Waals surface area contributed by atoms with Crippen LogP contribution in [0.25, 0.3) is 11.0 Å². The maximum absolute atomic E-state index is 12.4. The molecule has 1 aromatic carbocycles. The summed E-state index contributed by atoms with van der Waals surface area (Å²) in [5.74, 6) is -2.70. The molecule has 3 N–H and O–H groups in total. The van der Waals surface area contributed by atoms with Crippen LogP contribution in [0, 0.1) is 0 Å². The van der Waals surface area contributed by atoms with Gasteiger partial charge in [-0.05, 0) is 31.4 Å². The maximum Gasteiger partial charge on any atom is 0.471 e. The van der Waals surface area contributed by atoms with Crippen molar-refractivity contribution in [2.75, 3.05) is 5.32 Å². The van der Waals surface area contributed by atoms with Gasteiger partial charge >= 0.3 is 12.1 Å². The van der Waals surface area contributed by atoms with Gasteiger partial charge < -0.3 is 15.1 Å². The molecule has 6 nitrogen and oxygen atoms in total. The highest BCUT2D eigenvalue weighted by molar-refractivity contribution is 5.99. The Balaban J connectivity index is 1.48. The fraction of sp³-hybridized carbons (Fsp3) is 0.412. The van der Waals surface area contributed by atoms with Crippen LogP contribution in [-0.4, -0.2) is 36.1 Å². The van der Waals surface area contributed by atoms with Gasteiger partial charge in [0.25, 0.3) is 5.91 Å². The summed E-state index contributed by atoms with van der Waals surface area (Å²) < 4.78 is 42.1. The van der Waals surface area contributed by atoms with Gasteiger partial charge in [0.1, 0.15) is 5.58 Å². The number of amides is 2. The summed E-state index contributed by atoms with van der Waals surface area (Å²) in [6.45, 7) is 0. The van der Waals surface area contributed by atoms with E-state index in [4.69, 9.17) is 4.42 Å². The van der Waals surface area contributed by atoms with Crippen LogP contribution in [0.3, 0.4) is 0 Å². The third-order valence-electron chi connectivity index (χ3n) is 4.89. The molecule has 26 heavy (non-hydrogen) atoms. The normalized spacial score (nSPS) is 24.8. The van der Waals surface area contributed by atoms with Crippen molar-refractivity contribution in [1.82, 2.24) is 10.6 Å². The standard InChI is InChI=1S/C17H16F3N3O3/c18-17(19,20)16(25)23-14-6-8-1-2-9(5-13(8)26-14)15(24)22-12-7-10-3-4-11(12)21-10/h1-2,5-6,10-12,21H,3-4,7H2,(H,22,24)(H,23,25)/t10-,11+,12-/m1/s1. The number of rotatable bonds is 3. The monoisotopic (exact) mass is 367 g/mol. The van der Waals surface area contributed by atoms with Crippen LogP contribution in [0.1, 0.15) is 29.6 Å². The van der Waals surface area contributed by atoms with E-state index in [0.29, 0.717) is 23.0 Å². The van der Waals surface area contributed by atoms with Crippen LogP contribution in [0.15, 0.2) is 28.7 Å². The fourth-order valence-corrected chi connectivity index (χ4v) is 3.65. The van der Waals surface area contributed by atoms with E-state index in [2.05, 4.69) is 10.6 Å². The number of fused-ring (bicyclic) bond motifs is 3.